The van der Waals surface area contributed by atoms with Crippen molar-refractivity contribution in [3.8, 4) is 0 Å². The Labute approximate surface area is 156 Å². The first-order valence-electron chi connectivity index (χ1n) is 8.47. The second-order valence-electron chi connectivity index (χ2n) is 6.14. The molecule has 3 aromatic rings. The maximum Gasteiger partial charge on any atom is 0.338 e. The minimum atomic E-state index is -0.364. The van der Waals surface area contributed by atoms with Crippen LogP contribution in [0.25, 0.3) is 11.0 Å². The highest BCUT2D eigenvalue weighted by atomic mass is 35.5. The van der Waals surface area contributed by atoms with Crippen LogP contribution in [0.3, 0.4) is 0 Å². The maximum atomic E-state index is 12.8. The van der Waals surface area contributed by atoms with Crippen LogP contribution in [0.2, 0.25) is 5.02 Å². The van der Waals surface area contributed by atoms with Crippen LogP contribution in [-0.2, 0) is 9.53 Å². The molecular formula is C20H18ClN3O2. The fraction of sp³-hybridized carbons (Fsp3) is 0.200. The molecule has 1 N–H and O–H groups in total. The van der Waals surface area contributed by atoms with Gasteiger partial charge in [0, 0.05) is 10.7 Å². The van der Waals surface area contributed by atoms with Crippen molar-refractivity contribution in [1.29, 1.82) is 0 Å². The average Bonchev–Trinajstić information content (AvgIpc) is 2.98. The highest BCUT2D eigenvalue weighted by Gasteiger charge is 2.34. The molecular weight excluding hydrogens is 350 g/mol. The average molecular weight is 368 g/mol. The predicted octanol–water partition coefficient (Wildman–Crippen LogP) is 4.54. The van der Waals surface area contributed by atoms with E-state index in [0.29, 0.717) is 23.2 Å². The number of carbonyl (C=O) groups is 1. The highest BCUT2D eigenvalue weighted by molar-refractivity contribution is 6.30. The van der Waals surface area contributed by atoms with Crippen molar-refractivity contribution in [2.24, 2.45) is 0 Å². The van der Waals surface area contributed by atoms with Crippen LogP contribution >= 0.6 is 11.6 Å². The molecule has 0 saturated heterocycles. The summed E-state index contributed by atoms with van der Waals surface area (Å²) < 4.78 is 7.36. The van der Waals surface area contributed by atoms with Gasteiger partial charge in [0.15, 0.2) is 0 Å². The second kappa shape index (κ2) is 6.50. The van der Waals surface area contributed by atoms with E-state index in [0.717, 1.165) is 22.3 Å². The molecule has 0 bridgehead atoms. The van der Waals surface area contributed by atoms with Crippen molar-refractivity contribution in [2.75, 3.05) is 11.9 Å². The number of anilines is 1. The number of hydrogen-bond acceptors (Lipinski definition) is 4. The Morgan fingerprint density at radius 1 is 1.27 bits per heavy atom. The van der Waals surface area contributed by atoms with E-state index in [4.69, 9.17) is 16.3 Å². The van der Waals surface area contributed by atoms with Crippen molar-refractivity contribution in [3.05, 3.63) is 70.4 Å². The number of rotatable bonds is 3. The minimum absolute atomic E-state index is 0.315. The van der Waals surface area contributed by atoms with Gasteiger partial charge < -0.3 is 10.1 Å². The summed E-state index contributed by atoms with van der Waals surface area (Å²) in [7, 11) is 0. The molecule has 0 unspecified atom stereocenters. The maximum absolute atomic E-state index is 12.8. The van der Waals surface area contributed by atoms with Crippen molar-refractivity contribution in [2.45, 2.75) is 19.9 Å². The summed E-state index contributed by atoms with van der Waals surface area (Å²) in [5.41, 5.74) is 4.00. The number of hydrogen-bond donors (Lipinski definition) is 1. The molecule has 5 nitrogen and oxygen atoms in total. The van der Waals surface area contributed by atoms with E-state index in [1.807, 2.05) is 60.0 Å². The summed E-state index contributed by atoms with van der Waals surface area (Å²) in [5, 5.41) is 3.87. The number of ether oxygens (including phenoxy) is 1. The largest absolute Gasteiger partial charge is 0.463 e. The van der Waals surface area contributed by atoms with Crippen LogP contribution in [0.15, 0.2) is 59.8 Å². The number of esters is 1. The predicted molar refractivity (Wildman–Crippen MR) is 102 cm³/mol. The Balaban J connectivity index is 1.99. The van der Waals surface area contributed by atoms with Gasteiger partial charge in [-0.05, 0) is 43.7 Å². The summed E-state index contributed by atoms with van der Waals surface area (Å²) in [6.07, 6.45) is 0. The first kappa shape index (κ1) is 16.7. The third kappa shape index (κ3) is 2.65. The fourth-order valence-electron chi connectivity index (χ4n) is 3.43. The van der Waals surface area contributed by atoms with Crippen LogP contribution in [0.4, 0.5) is 5.95 Å². The third-order valence-corrected chi connectivity index (χ3v) is 4.73. The van der Waals surface area contributed by atoms with Crippen molar-refractivity contribution in [3.63, 3.8) is 0 Å². The van der Waals surface area contributed by atoms with Gasteiger partial charge in [-0.3, -0.25) is 4.57 Å². The van der Waals surface area contributed by atoms with E-state index in [-0.39, 0.29) is 12.0 Å². The number of fused-ring (bicyclic) bond motifs is 3. The number of nitrogens with zero attached hydrogens (tertiary/aromatic N) is 2. The van der Waals surface area contributed by atoms with E-state index in [9.17, 15) is 4.79 Å². The second-order valence-corrected chi connectivity index (χ2v) is 6.57. The number of para-hydroxylation sites is 2. The molecule has 132 valence electrons. The first-order valence-corrected chi connectivity index (χ1v) is 8.85. The Kier molecular flexibility index (Phi) is 4.17. The number of imidazole rings is 1. The zero-order valence-electron chi connectivity index (χ0n) is 14.5. The smallest absolute Gasteiger partial charge is 0.338 e. The first-order chi connectivity index (χ1) is 12.6. The van der Waals surface area contributed by atoms with E-state index in [1.54, 1.807) is 6.92 Å². The molecule has 2 aromatic carbocycles. The summed E-state index contributed by atoms with van der Waals surface area (Å²) >= 11 is 6.24. The van der Waals surface area contributed by atoms with Crippen LogP contribution in [0.1, 0.15) is 25.5 Å². The van der Waals surface area contributed by atoms with Gasteiger partial charge >= 0.3 is 5.97 Å². The van der Waals surface area contributed by atoms with Crippen LogP contribution in [0.5, 0.6) is 0 Å². The molecule has 1 atom stereocenters. The third-order valence-electron chi connectivity index (χ3n) is 4.49. The molecule has 1 aliphatic rings. The molecule has 6 heteroatoms. The number of carbonyl (C=O) groups excluding carboxylic acids is 1. The van der Waals surface area contributed by atoms with Gasteiger partial charge in [-0.1, -0.05) is 35.9 Å². The highest BCUT2D eigenvalue weighted by Crippen LogP contribution is 2.39. The molecule has 0 spiro atoms. The van der Waals surface area contributed by atoms with E-state index in [2.05, 4.69) is 10.3 Å². The lowest BCUT2D eigenvalue weighted by molar-refractivity contribution is -0.139. The monoisotopic (exact) mass is 367 g/mol. The molecule has 4 rings (SSSR count). The summed E-state index contributed by atoms with van der Waals surface area (Å²) in [4.78, 5) is 17.4. The number of halogens is 1. The number of aromatic nitrogens is 2. The number of benzene rings is 2. The van der Waals surface area contributed by atoms with Gasteiger partial charge in [0.25, 0.3) is 0 Å². The standard InChI is InChI=1S/C20H18ClN3O2/c1-3-26-19(25)17-12(2)22-20-23-15-9-4-5-10-16(15)24(20)18(17)13-7-6-8-14(21)11-13/h4-11,18H,3H2,1-2H3,(H,22,23)/t18-/m1/s1. The van der Waals surface area contributed by atoms with E-state index < -0.39 is 0 Å². The molecule has 0 amide bonds. The zero-order valence-corrected chi connectivity index (χ0v) is 15.2. The summed E-state index contributed by atoms with van der Waals surface area (Å²) in [6, 6.07) is 15.0. The van der Waals surface area contributed by atoms with E-state index in [1.165, 1.54) is 0 Å². The van der Waals surface area contributed by atoms with Crippen LogP contribution in [0, 0.1) is 0 Å². The molecule has 2 heterocycles. The lowest BCUT2D eigenvalue weighted by Crippen LogP contribution is -2.29. The molecule has 0 radical (unpaired) electrons. The quantitative estimate of drug-likeness (QED) is 0.690. The summed E-state index contributed by atoms with van der Waals surface area (Å²) in [6.45, 7) is 3.98. The van der Waals surface area contributed by atoms with Gasteiger partial charge in [0.2, 0.25) is 5.95 Å². The number of nitrogens with one attached hydrogen (secondary N) is 1. The van der Waals surface area contributed by atoms with E-state index >= 15 is 0 Å². The van der Waals surface area contributed by atoms with Gasteiger partial charge in [-0.25, -0.2) is 9.78 Å². The molecule has 0 aliphatic carbocycles. The van der Waals surface area contributed by atoms with Crippen LogP contribution < -0.4 is 5.32 Å². The lowest BCUT2D eigenvalue weighted by Gasteiger charge is -2.30. The van der Waals surface area contributed by atoms with Crippen molar-refractivity contribution < 1.29 is 9.53 Å². The molecule has 0 fully saturated rings. The van der Waals surface area contributed by atoms with Gasteiger partial charge in [0.1, 0.15) is 0 Å². The molecule has 0 saturated carbocycles. The Bertz CT molecular complexity index is 1040. The SMILES string of the molecule is CCOC(=O)C1=C(C)Nc2nc3ccccc3n2[C@@H]1c1cccc(Cl)c1. The molecule has 26 heavy (non-hydrogen) atoms. The normalized spacial score (nSPS) is 16.3. The Morgan fingerprint density at radius 2 is 2.08 bits per heavy atom. The Hall–Kier alpha value is -2.79. The van der Waals surface area contributed by atoms with Crippen LogP contribution in [-0.4, -0.2) is 22.1 Å². The van der Waals surface area contributed by atoms with Gasteiger partial charge in [-0.2, -0.15) is 0 Å². The van der Waals surface area contributed by atoms with Crippen molar-refractivity contribution >= 4 is 34.6 Å². The summed E-state index contributed by atoms with van der Waals surface area (Å²) in [5.74, 6) is 0.354. The van der Waals surface area contributed by atoms with Crippen molar-refractivity contribution in [1.82, 2.24) is 9.55 Å². The molecule has 1 aliphatic heterocycles. The topological polar surface area (TPSA) is 56.1 Å². The Morgan fingerprint density at radius 3 is 2.85 bits per heavy atom. The lowest BCUT2D eigenvalue weighted by atomic mass is 9.95. The zero-order chi connectivity index (χ0) is 18.3. The molecule has 1 aromatic heterocycles. The number of allylic oxidation sites excluding steroid dienone is 1. The van der Waals surface area contributed by atoms with Gasteiger partial charge in [0.05, 0.1) is 29.3 Å². The fourth-order valence-corrected chi connectivity index (χ4v) is 3.63. The minimum Gasteiger partial charge on any atom is -0.463 e. The van der Waals surface area contributed by atoms with Gasteiger partial charge in [-0.15, -0.1) is 0 Å².